The molecular weight excluding hydrogens is 445 g/mol. The van der Waals surface area contributed by atoms with Crippen molar-refractivity contribution in [3.8, 4) is 22.5 Å². The minimum Gasteiger partial charge on any atom is -0.481 e. The van der Waals surface area contributed by atoms with E-state index in [4.69, 9.17) is 5.11 Å². The first-order valence-corrected chi connectivity index (χ1v) is 10.9. The number of anilines is 1. The van der Waals surface area contributed by atoms with E-state index >= 15 is 0 Å². The highest BCUT2D eigenvalue weighted by molar-refractivity contribution is 5.80. The molecule has 2 aromatic carbocycles. The monoisotopic (exact) mass is 466 g/mol. The number of aromatic amines is 1. The van der Waals surface area contributed by atoms with Gasteiger partial charge in [0, 0.05) is 30.4 Å². The Hall–Kier alpha value is -3.88. The van der Waals surface area contributed by atoms with Crippen molar-refractivity contribution in [3.63, 3.8) is 0 Å². The van der Waals surface area contributed by atoms with Crippen LogP contribution in [0.3, 0.4) is 0 Å². The Morgan fingerprint density at radius 3 is 2.26 bits per heavy atom. The summed E-state index contributed by atoms with van der Waals surface area (Å²) in [6.45, 7) is 1.33. The number of carboxylic acid groups (broad SMARTS) is 1. The second kappa shape index (κ2) is 8.48. The van der Waals surface area contributed by atoms with Crippen molar-refractivity contribution in [2.75, 3.05) is 18.0 Å². The van der Waals surface area contributed by atoms with Gasteiger partial charge in [-0.2, -0.15) is 13.2 Å². The molecule has 0 amide bonds. The number of nitrogens with one attached hydrogen (secondary N) is 1. The van der Waals surface area contributed by atoms with Gasteiger partial charge in [0.2, 0.25) is 0 Å². The van der Waals surface area contributed by atoms with Gasteiger partial charge in [0.15, 0.2) is 0 Å². The molecule has 0 bridgehead atoms. The molecule has 3 heterocycles. The van der Waals surface area contributed by atoms with Gasteiger partial charge in [-0.15, -0.1) is 0 Å². The van der Waals surface area contributed by atoms with Crippen molar-refractivity contribution in [1.29, 1.82) is 0 Å². The second-order valence-electron chi connectivity index (χ2n) is 8.40. The van der Waals surface area contributed by atoms with E-state index in [1.807, 2.05) is 36.4 Å². The number of aromatic nitrogens is 3. The summed E-state index contributed by atoms with van der Waals surface area (Å²) in [5, 5.41) is 9.15. The van der Waals surface area contributed by atoms with Gasteiger partial charge in [-0.05, 0) is 48.7 Å². The first-order chi connectivity index (χ1) is 16.3. The summed E-state index contributed by atoms with van der Waals surface area (Å²) in [4.78, 5) is 25.2. The summed E-state index contributed by atoms with van der Waals surface area (Å²) in [7, 11) is 0. The molecule has 1 aliphatic heterocycles. The standard InChI is InChI=1S/C25H21F3N4O2/c26-25(27,28)19-6-7-20-21(13-19)31-23(30-20)16-3-1-15(2-4-16)18-5-8-22(29-14-18)32-11-9-17(10-12-32)24(33)34/h1-8,13-14,17H,9-12H2,(H,30,31)(H,33,34). The van der Waals surface area contributed by atoms with Gasteiger partial charge in [0.25, 0.3) is 0 Å². The molecule has 1 aliphatic rings. The fourth-order valence-corrected chi connectivity index (χ4v) is 4.24. The zero-order chi connectivity index (χ0) is 23.9. The number of H-pyrrole nitrogens is 1. The molecule has 6 nitrogen and oxygen atoms in total. The van der Waals surface area contributed by atoms with Gasteiger partial charge in [0.1, 0.15) is 11.6 Å². The summed E-state index contributed by atoms with van der Waals surface area (Å²) >= 11 is 0. The molecule has 1 fully saturated rings. The number of hydrogen-bond acceptors (Lipinski definition) is 4. The maximum atomic E-state index is 13.0. The lowest BCUT2D eigenvalue weighted by atomic mass is 9.97. The average molecular weight is 466 g/mol. The molecule has 0 spiro atoms. The van der Waals surface area contributed by atoms with Gasteiger partial charge >= 0.3 is 12.1 Å². The van der Waals surface area contributed by atoms with Crippen molar-refractivity contribution >= 4 is 22.8 Å². The van der Waals surface area contributed by atoms with Crippen molar-refractivity contribution < 1.29 is 23.1 Å². The highest BCUT2D eigenvalue weighted by Gasteiger charge is 2.30. The highest BCUT2D eigenvalue weighted by Crippen LogP contribution is 2.32. The van der Waals surface area contributed by atoms with Gasteiger partial charge < -0.3 is 15.0 Å². The summed E-state index contributed by atoms with van der Waals surface area (Å²) in [5.41, 5.74) is 2.73. The van der Waals surface area contributed by atoms with Crippen LogP contribution in [0.25, 0.3) is 33.5 Å². The van der Waals surface area contributed by atoms with Gasteiger partial charge in [-0.1, -0.05) is 24.3 Å². The van der Waals surface area contributed by atoms with Crippen molar-refractivity contribution in [2.45, 2.75) is 19.0 Å². The molecule has 34 heavy (non-hydrogen) atoms. The maximum Gasteiger partial charge on any atom is 0.416 e. The molecule has 0 aliphatic carbocycles. The number of fused-ring (bicyclic) bond motifs is 1. The Bertz CT molecular complexity index is 1320. The van der Waals surface area contributed by atoms with E-state index in [-0.39, 0.29) is 5.92 Å². The number of alkyl halides is 3. The van der Waals surface area contributed by atoms with Crippen molar-refractivity contribution in [1.82, 2.24) is 15.0 Å². The Morgan fingerprint density at radius 1 is 0.971 bits per heavy atom. The van der Waals surface area contributed by atoms with Gasteiger partial charge in [-0.25, -0.2) is 9.97 Å². The molecule has 0 atom stereocenters. The molecule has 4 aromatic rings. The number of pyridine rings is 1. The van der Waals surface area contributed by atoms with E-state index in [0.29, 0.717) is 42.8 Å². The topological polar surface area (TPSA) is 82.1 Å². The van der Waals surface area contributed by atoms with E-state index in [2.05, 4.69) is 19.9 Å². The molecule has 2 aromatic heterocycles. The highest BCUT2D eigenvalue weighted by atomic mass is 19.4. The first kappa shape index (κ1) is 21.9. The lowest BCUT2D eigenvalue weighted by molar-refractivity contribution is -0.142. The van der Waals surface area contributed by atoms with Crippen LogP contribution in [0.2, 0.25) is 0 Å². The zero-order valence-electron chi connectivity index (χ0n) is 18.0. The van der Waals surface area contributed by atoms with Gasteiger partial charge in [0.05, 0.1) is 22.5 Å². The number of halogens is 3. The Labute approximate surface area is 193 Å². The van der Waals surface area contributed by atoms with E-state index in [1.54, 1.807) is 6.20 Å². The predicted molar refractivity (Wildman–Crippen MR) is 122 cm³/mol. The molecule has 0 radical (unpaired) electrons. The maximum absolute atomic E-state index is 13.0. The number of benzene rings is 2. The van der Waals surface area contributed by atoms with Crippen LogP contribution in [-0.2, 0) is 11.0 Å². The number of piperidine rings is 1. The van der Waals surface area contributed by atoms with Crippen molar-refractivity contribution in [3.05, 3.63) is 66.4 Å². The number of carbonyl (C=O) groups is 1. The van der Waals surface area contributed by atoms with Crippen LogP contribution >= 0.6 is 0 Å². The van der Waals surface area contributed by atoms with Crippen LogP contribution in [0.1, 0.15) is 18.4 Å². The van der Waals surface area contributed by atoms with E-state index < -0.39 is 17.7 Å². The molecular formula is C25H21F3N4O2. The fraction of sp³-hybridized carbons (Fsp3) is 0.240. The third kappa shape index (κ3) is 4.33. The third-order valence-electron chi connectivity index (χ3n) is 6.22. The van der Waals surface area contributed by atoms with Crippen LogP contribution in [0.15, 0.2) is 60.8 Å². The predicted octanol–water partition coefficient (Wildman–Crippen LogP) is 5.61. The molecule has 2 N–H and O–H groups in total. The Balaban J connectivity index is 1.31. The number of nitrogens with zero attached hydrogens (tertiary/aromatic N) is 3. The lowest BCUT2D eigenvalue weighted by Crippen LogP contribution is -2.36. The quantitative estimate of drug-likeness (QED) is 0.409. The molecule has 1 saturated heterocycles. The molecule has 0 unspecified atom stereocenters. The molecule has 9 heteroatoms. The number of carboxylic acids is 1. The zero-order valence-corrected chi connectivity index (χ0v) is 18.0. The SMILES string of the molecule is O=C(O)C1CCN(c2ccc(-c3ccc(-c4nc5ccc(C(F)(F)F)cc5[nH]4)cc3)cn2)CC1. The lowest BCUT2D eigenvalue weighted by Gasteiger charge is -2.31. The summed E-state index contributed by atoms with van der Waals surface area (Å²) < 4.78 is 38.9. The Morgan fingerprint density at radius 2 is 1.65 bits per heavy atom. The summed E-state index contributed by atoms with van der Waals surface area (Å²) in [6.07, 6.45) is -1.40. The Kier molecular flexibility index (Phi) is 5.47. The number of aliphatic carboxylic acids is 1. The molecule has 174 valence electrons. The summed E-state index contributed by atoms with van der Waals surface area (Å²) in [6, 6.07) is 14.9. The second-order valence-corrected chi connectivity index (χ2v) is 8.40. The average Bonchev–Trinajstić information content (AvgIpc) is 3.27. The number of hydrogen-bond donors (Lipinski definition) is 2. The van der Waals surface area contributed by atoms with E-state index in [0.717, 1.165) is 34.6 Å². The number of rotatable bonds is 4. The van der Waals surface area contributed by atoms with Crippen LogP contribution in [0.5, 0.6) is 0 Å². The third-order valence-corrected chi connectivity index (χ3v) is 6.22. The first-order valence-electron chi connectivity index (χ1n) is 10.9. The summed E-state index contributed by atoms with van der Waals surface area (Å²) in [5.74, 6) is 0.302. The molecule has 0 saturated carbocycles. The number of imidazole rings is 1. The largest absolute Gasteiger partial charge is 0.481 e. The van der Waals surface area contributed by atoms with Crippen LogP contribution in [0.4, 0.5) is 19.0 Å². The normalized spacial score (nSPS) is 15.1. The van der Waals surface area contributed by atoms with Crippen LogP contribution < -0.4 is 4.90 Å². The minimum atomic E-state index is -4.40. The fourth-order valence-electron chi connectivity index (χ4n) is 4.24. The smallest absolute Gasteiger partial charge is 0.416 e. The van der Waals surface area contributed by atoms with Crippen LogP contribution in [-0.4, -0.2) is 39.1 Å². The van der Waals surface area contributed by atoms with Gasteiger partial charge in [-0.3, -0.25) is 4.79 Å². The van der Waals surface area contributed by atoms with Crippen LogP contribution in [0, 0.1) is 5.92 Å². The van der Waals surface area contributed by atoms with E-state index in [1.165, 1.54) is 6.07 Å². The molecule has 5 rings (SSSR count). The van der Waals surface area contributed by atoms with E-state index in [9.17, 15) is 18.0 Å². The minimum absolute atomic E-state index is 0.285. The van der Waals surface area contributed by atoms with Crippen molar-refractivity contribution in [2.24, 2.45) is 5.92 Å².